The third kappa shape index (κ3) is 1.50. The first-order chi connectivity index (χ1) is 13.5. The first-order valence-electron chi connectivity index (χ1n) is 9.87. The summed E-state index contributed by atoms with van der Waals surface area (Å²) in [5.41, 5.74) is 1.21. The maximum atomic E-state index is 13.1. The molecule has 1 aromatic heterocycles. The number of hydrogen-bond donors (Lipinski definition) is 1. The number of carbonyl (C=O) groups is 2. The monoisotopic (exact) mass is 382 g/mol. The Labute approximate surface area is 161 Å². The van der Waals surface area contributed by atoms with E-state index in [1.165, 1.54) is 12.7 Å². The van der Waals surface area contributed by atoms with E-state index in [0.29, 0.717) is 25.8 Å². The molecule has 28 heavy (non-hydrogen) atoms. The number of para-hydroxylation sites is 1. The van der Waals surface area contributed by atoms with Gasteiger partial charge in [-0.25, -0.2) is 4.79 Å². The lowest BCUT2D eigenvalue weighted by Crippen LogP contribution is -2.64. The van der Waals surface area contributed by atoms with Crippen molar-refractivity contribution in [3.63, 3.8) is 0 Å². The zero-order chi connectivity index (χ0) is 19.4. The van der Waals surface area contributed by atoms with Crippen molar-refractivity contribution < 1.29 is 24.2 Å². The van der Waals surface area contributed by atoms with Crippen LogP contribution in [-0.2, 0) is 31.2 Å². The number of benzene rings is 1. The highest BCUT2D eigenvalue weighted by Gasteiger charge is 2.74. The Morgan fingerprint density at radius 2 is 2.18 bits per heavy atom. The number of fused-ring (bicyclic) bond motifs is 5. The van der Waals surface area contributed by atoms with Gasteiger partial charge in [0.15, 0.2) is 6.10 Å². The van der Waals surface area contributed by atoms with Crippen LogP contribution in [0.1, 0.15) is 37.1 Å². The maximum Gasteiger partial charge on any atom is 0.360 e. The van der Waals surface area contributed by atoms with Crippen LogP contribution < -0.4 is 0 Å². The first kappa shape index (κ1) is 16.6. The number of esters is 1. The van der Waals surface area contributed by atoms with Gasteiger partial charge in [0, 0.05) is 29.5 Å². The van der Waals surface area contributed by atoms with Crippen molar-refractivity contribution in [3.05, 3.63) is 35.5 Å². The molecule has 2 fully saturated rings. The number of aliphatic hydroxyl groups is 1. The number of hydrogen-bond acceptors (Lipinski definition) is 5. The molecule has 1 amide bonds. The summed E-state index contributed by atoms with van der Waals surface area (Å²) in [7, 11) is 1.36. The van der Waals surface area contributed by atoms with E-state index < -0.39 is 29.3 Å². The van der Waals surface area contributed by atoms with Gasteiger partial charge >= 0.3 is 5.97 Å². The summed E-state index contributed by atoms with van der Waals surface area (Å²) in [4.78, 5) is 28.0. The second kappa shape index (κ2) is 4.96. The van der Waals surface area contributed by atoms with Gasteiger partial charge in [0.25, 0.3) is 5.91 Å². The third-order valence-electron chi connectivity index (χ3n) is 7.54. The zero-order valence-electron chi connectivity index (χ0n) is 15.8. The fraction of sp³-hybridized carbons (Fsp3) is 0.524. The Morgan fingerprint density at radius 3 is 2.93 bits per heavy atom. The normalized spacial score (nSPS) is 37.5. The summed E-state index contributed by atoms with van der Waals surface area (Å²) in [6.07, 6.45) is -0.206. The van der Waals surface area contributed by atoms with E-state index in [4.69, 9.17) is 9.47 Å². The fourth-order valence-electron chi connectivity index (χ4n) is 6.46. The minimum Gasteiger partial charge on any atom is -0.465 e. The highest BCUT2D eigenvalue weighted by atomic mass is 16.6. The number of aromatic nitrogens is 1. The average Bonchev–Trinajstić information content (AvgIpc) is 3.23. The number of carbonyl (C=O) groups excluding carboxylic acids is 2. The van der Waals surface area contributed by atoms with Gasteiger partial charge in [-0.3, -0.25) is 4.79 Å². The van der Waals surface area contributed by atoms with Crippen molar-refractivity contribution in [2.75, 3.05) is 13.7 Å². The lowest BCUT2D eigenvalue weighted by molar-refractivity contribution is -0.195. The molecule has 7 heteroatoms. The first-order valence-corrected chi connectivity index (χ1v) is 9.87. The largest absolute Gasteiger partial charge is 0.465 e. The zero-order valence-corrected chi connectivity index (χ0v) is 15.8. The second-order valence-electron chi connectivity index (χ2n) is 8.42. The topological polar surface area (TPSA) is 81.0 Å². The highest BCUT2D eigenvalue weighted by Crippen LogP contribution is 2.67. The van der Waals surface area contributed by atoms with E-state index in [2.05, 4.69) is 13.0 Å². The molecule has 0 spiro atoms. The molecule has 4 aliphatic rings. The molecular formula is C21H22N2O5. The summed E-state index contributed by atoms with van der Waals surface area (Å²) in [6, 6.07) is 7.80. The van der Waals surface area contributed by atoms with Gasteiger partial charge in [-0.15, -0.1) is 0 Å². The highest BCUT2D eigenvalue weighted by molar-refractivity contribution is 5.92. The van der Waals surface area contributed by atoms with Crippen LogP contribution in [0.3, 0.4) is 0 Å². The lowest BCUT2D eigenvalue weighted by atomic mass is 9.62. The summed E-state index contributed by atoms with van der Waals surface area (Å²) in [5, 5.41) is 11.9. The molecular weight excluding hydrogens is 360 g/mol. The number of piperidine rings is 1. The predicted octanol–water partition coefficient (Wildman–Crippen LogP) is 1.47. The third-order valence-corrected chi connectivity index (χ3v) is 7.54. The van der Waals surface area contributed by atoms with Crippen LogP contribution in [-0.4, -0.2) is 52.3 Å². The van der Waals surface area contributed by atoms with Gasteiger partial charge < -0.3 is 24.0 Å². The number of rotatable bonds is 2. The van der Waals surface area contributed by atoms with E-state index in [1.807, 2.05) is 27.7 Å². The molecule has 2 aromatic rings. The molecule has 0 saturated carbocycles. The van der Waals surface area contributed by atoms with Crippen molar-refractivity contribution in [2.45, 2.75) is 50.2 Å². The second-order valence-corrected chi connectivity index (χ2v) is 8.42. The fourth-order valence-corrected chi connectivity index (χ4v) is 6.46. The molecule has 0 aliphatic carbocycles. The van der Waals surface area contributed by atoms with Crippen molar-refractivity contribution in [1.82, 2.24) is 9.47 Å². The maximum absolute atomic E-state index is 13.1. The Kier molecular flexibility index (Phi) is 2.93. The van der Waals surface area contributed by atoms with Gasteiger partial charge in [0.2, 0.25) is 5.72 Å². The number of amides is 1. The van der Waals surface area contributed by atoms with E-state index >= 15 is 0 Å². The smallest absolute Gasteiger partial charge is 0.360 e. The summed E-state index contributed by atoms with van der Waals surface area (Å²) < 4.78 is 13.6. The average molecular weight is 382 g/mol. The molecule has 1 N–H and O–H groups in total. The van der Waals surface area contributed by atoms with E-state index in [1.54, 1.807) is 0 Å². The number of aliphatic hydroxyl groups excluding tert-OH is 1. The summed E-state index contributed by atoms with van der Waals surface area (Å²) >= 11 is 0. The summed E-state index contributed by atoms with van der Waals surface area (Å²) in [6.45, 7) is 2.62. The quantitative estimate of drug-likeness (QED) is 0.796. The van der Waals surface area contributed by atoms with E-state index in [9.17, 15) is 14.7 Å². The van der Waals surface area contributed by atoms with Crippen molar-refractivity contribution in [1.29, 1.82) is 0 Å². The lowest BCUT2D eigenvalue weighted by Gasteiger charge is -2.54. The van der Waals surface area contributed by atoms with Crippen LogP contribution in [0, 0.1) is 5.41 Å². The molecule has 7 nitrogen and oxygen atoms in total. The van der Waals surface area contributed by atoms with Crippen molar-refractivity contribution in [2.24, 2.45) is 5.41 Å². The van der Waals surface area contributed by atoms with Crippen LogP contribution >= 0.6 is 0 Å². The van der Waals surface area contributed by atoms with Gasteiger partial charge in [-0.2, -0.15) is 0 Å². The minimum atomic E-state index is -1.35. The molecule has 5 heterocycles. The molecule has 2 bridgehead atoms. The Hall–Kier alpha value is -2.38. The molecule has 2 saturated heterocycles. The van der Waals surface area contributed by atoms with Crippen LogP contribution in [0.2, 0.25) is 0 Å². The van der Waals surface area contributed by atoms with Gasteiger partial charge in [0.05, 0.1) is 18.7 Å². The van der Waals surface area contributed by atoms with E-state index in [0.717, 1.165) is 16.6 Å². The SMILES string of the molecule is CC[C@@]12C[C@]3(C(=O)OC)O[C@@H]1[C@@H](O)C(=O)N1CCc4c(n3c3ccccc43)[C@@H]12. The molecule has 6 rings (SSSR count). The molecule has 5 atom stereocenters. The minimum absolute atomic E-state index is 0.199. The molecule has 0 radical (unpaired) electrons. The number of ether oxygens (including phenoxy) is 2. The molecule has 4 aliphatic heterocycles. The van der Waals surface area contributed by atoms with Crippen LogP contribution in [0.15, 0.2) is 24.3 Å². The Balaban J connectivity index is 1.78. The number of nitrogens with zero attached hydrogens (tertiary/aromatic N) is 2. The number of methoxy groups -OCH3 is 1. The molecule has 1 aromatic carbocycles. The van der Waals surface area contributed by atoms with Gasteiger partial charge in [-0.05, 0) is 24.5 Å². The van der Waals surface area contributed by atoms with E-state index in [-0.39, 0.29) is 11.9 Å². The van der Waals surface area contributed by atoms with Crippen LogP contribution in [0.5, 0.6) is 0 Å². The predicted molar refractivity (Wildman–Crippen MR) is 98.3 cm³/mol. The molecule has 0 unspecified atom stereocenters. The van der Waals surface area contributed by atoms with Gasteiger partial charge in [-0.1, -0.05) is 25.1 Å². The van der Waals surface area contributed by atoms with Gasteiger partial charge in [0.1, 0.15) is 6.10 Å². The van der Waals surface area contributed by atoms with Crippen molar-refractivity contribution in [3.8, 4) is 0 Å². The Bertz CT molecular complexity index is 1060. The summed E-state index contributed by atoms with van der Waals surface area (Å²) in [5.74, 6) is -0.780. The molecule has 146 valence electrons. The Morgan fingerprint density at radius 1 is 1.39 bits per heavy atom. The van der Waals surface area contributed by atoms with Crippen molar-refractivity contribution >= 4 is 22.8 Å². The van der Waals surface area contributed by atoms with Crippen LogP contribution in [0.4, 0.5) is 0 Å². The standard InChI is InChI=1S/C21H22N2O5/c1-3-20-10-21(19(26)27-2)23-13-7-5-4-6-11(13)12-8-9-22(16(20)14(12)23)18(25)15(24)17(20)28-21/h4-7,15-17,24H,3,8-10H2,1-2H3/t15-,16-,17-,20+,21-/m1/s1. The van der Waals surface area contributed by atoms with Crippen LogP contribution in [0.25, 0.3) is 10.9 Å².